The quantitative estimate of drug-likeness (QED) is 0.694. The van der Waals surface area contributed by atoms with Crippen LogP contribution < -0.4 is 10.6 Å². The fraction of sp³-hybridized carbons (Fsp3) is 0.636. The number of carbonyl (C=O) groups excluding carboxylic acids is 1. The lowest BCUT2D eigenvalue weighted by atomic mass is 9.92. The molecule has 16 heavy (non-hydrogen) atoms. The van der Waals surface area contributed by atoms with Crippen molar-refractivity contribution >= 4 is 5.91 Å². The normalized spacial score (nSPS) is 25.3. The third-order valence-electron chi connectivity index (χ3n) is 3.06. The van der Waals surface area contributed by atoms with E-state index in [1.165, 1.54) is 0 Å². The molecule has 1 aromatic heterocycles. The first-order valence-corrected chi connectivity index (χ1v) is 5.76. The summed E-state index contributed by atoms with van der Waals surface area (Å²) in [5.74, 6) is 0.498. The number of amides is 1. The van der Waals surface area contributed by atoms with E-state index in [0.717, 1.165) is 25.1 Å². The highest BCUT2D eigenvalue weighted by molar-refractivity contribution is 5.82. The lowest BCUT2D eigenvalue weighted by Gasteiger charge is -2.28. The predicted molar refractivity (Wildman–Crippen MR) is 60.6 cm³/mol. The molecule has 0 aliphatic carbocycles. The number of piperidine rings is 1. The summed E-state index contributed by atoms with van der Waals surface area (Å²) in [6, 6.07) is 1.81. The van der Waals surface area contributed by atoms with Crippen LogP contribution in [0.5, 0.6) is 0 Å². The van der Waals surface area contributed by atoms with Crippen LogP contribution in [0.25, 0.3) is 0 Å². The molecule has 5 nitrogen and oxygen atoms in total. The van der Waals surface area contributed by atoms with Gasteiger partial charge in [0.05, 0.1) is 18.3 Å². The molecule has 0 aromatic carbocycles. The topological polar surface area (TPSA) is 69.8 Å². The molecule has 0 bridgehead atoms. The van der Waals surface area contributed by atoms with Gasteiger partial charge in [-0.25, -0.2) is 0 Å². The van der Waals surface area contributed by atoms with Gasteiger partial charge in [0.15, 0.2) is 0 Å². The van der Waals surface area contributed by atoms with E-state index in [0.29, 0.717) is 12.5 Å². The van der Waals surface area contributed by atoms with E-state index in [1.54, 1.807) is 6.20 Å². The van der Waals surface area contributed by atoms with E-state index in [-0.39, 0.29) is 11.9 Å². The smallest absolute Gasteiger partial charge is 0.237 e. The third-order valence-corrected chi connectivity index (χ3v) is 3.06. The highest BCUT2D eigenvalue weighted by Crippen LogP contribution is 2.15. The molecule has 5 heteroatoms. The van der Waals surface area contributed by atoms with E-state index < -0.39 is 0 Å². The molecule has 2 heterocycles. The van der Waals surface area contributed by atoms with Gasteiger partial charge in [-0.05, 0) is 31.4 Å². The summed E-state index contributed by atoms with van der Waals surface area (Å²) in [6.07, 6.45) is 3.96. The zero-order valence-corrected chi connectivity index (χ0v) is 9.49. The zero-order chi connectivity index (χ0) is 11.4. The lowest BCUT2D eigenvalue weighted by Crippen LogP contribution is -2.50. The molecule has 0 spiro atoms. The van der Waals surface area contributed by atoms with Gasteiger partial charge in [0.2, 0.25) is 5.91 Å². The Balaban J connectivity index is 1.83. The maximum atomic E-state index is 11.9. The molecule has 1 aliphatic rings. The zero-order valence-electron chi connectivity index (χ0n) is 9.49. The summed E-state index contributed by atoms with van der Waals surface area (Å²) < 4.78 is 0. The van der Waals surface area contributed by atoms with Crippen molar-refractivity contribution < 1.29 is 4.79 Å². The lowest BCUT2D eigenvalue weighted by molar-refractivity contribution is -0.125. The van der Waals surface area contributed by atoms with E-state index >= 15 is 0 Å². The Morgan fingerprint density at radius 3 is 3.25 bits per heavy atom. The van der Waals surface area contributed by atoms with Gasteiger partial charge in [-0.3, -0.25) is 9.89 Å². The van der Waals surface area contributed by atoms with Crippen LogP contribution in [0.2, 0.25) is 0 Å². The second-order valence-corrected chi connectivity index (χ2v) is 4.35. The average Bonchev–Trinajstić information content (AvgIpc) is 2.79. The van der Waals surface area contributed by atoms with Crippen molar-refractivity contribution in [1.29, 1.82) is 0 Å². The van der Waals surface area contributed by atoms with Gasteiger partial charge in [-0.1, -0.05) is 6.92 Å². The van der Waals surface area contributed by atoms with Crippen LogP contribution >= 0.6 is 0 Å². The Kier molecular flexibility index (Phi) is 3.56. The Bertz CT molecular complexity index is 336. The van der Waals surface area contributed by atoms with Gasteiger partial charge >= 0.3 is 0 Å². The van der Waals surface area contributed by atoms with Crippen LogP contribution in [0.4, 0.5) is 0 Å². The van der Waals surface area contributed by atoms with Gasteiger partial charge in [-0.2, -0.15) is 5.10 Å². The van der Waals surface area contributed by atoms with E-state index in [9.17, 15) is 4.79 Å². The van der Waals surface area contributed by atoms with Crippen molar-refractivity contribution in [2.75, 3.05) is 6.54 Å². The fourth-order valence-electron chi connectivity index (χ4n) is 2.08. The van der Waals surface area contributed by atoms with Crippen molar-refractivity contribution in [2.45, 2.75) is 32.4 Å². The fourth-order valence-corrected chi connectivity index (χ4v) is 2.08. The largest absolute Gasteiger partial charge is 0.349 e. The average molecular weight is 222 g/mol. The van der Waals surface area contributed by atoms with Crippen LogP contribution in [-0.2, 0) is 11.3 Å². The van der Waals surface area contributed by atoms with Gasteiger partial charge in [-0.15, -0.1) is 0 Å². The molecular formula is C11H18N4O. The molecule has 1 saturated heterocycles. The van der Waals surface area contributed by atoms with Crippen LogP contribution in [-0.4, -0.2) is 28.7 Å². The molecule has 2 unspecified atom stereocenters. The van der Waals surface area contributed by atoms with E-state index in [4.69, 9.17) is 0 Å². The van der Waals surface area contributed by atoms with Gasteiger partial charge in [0, 0.05) is 6.20 Å². The van der Waals surface area contributed by atoms with Crippen molar-refractivity contribution in [2.24, 2.45) is 5.92 Å². The van der Waals surface area contributed by atoms with E-state index in [2.05, 4.69) is 27.8 Å². The molecular weight excluding hydrogens is 204 g/mol. The second kappa shape index (κ2) is 5.12. The summed E-state index contributed by atoms with van der Waals surface area (Å²) in [5, 5.41) is 12.8. The first-order valence-electron chi connectivity index (χ1n) is 5.76. The number of nitrogens with one attached hydrogen (secondary N) is 3. The van der Waals surface area contributed by atoms with Crippen LogP contribution in [0.1, 0.15) is 25.5 Å². The first kappa shape index (κ1) is 11.1. The number of H-pyrrole nitrogens is 1. The van der Waals surface area contributed by atoms with E-state index in [1.807, 2.05) is 6.07 Å². The molecule has 1 fully saturated rings. The molecule has 1 amide bonds. The third kappa shape index (κ3) is 2.61. The minimum atomic E-state index is -0.0447. The highest BCUT2D eigenvalue weighted by atomic mass is 16.2. The van der Waals surface area contributed by atoms with Gasteiger partial charge < -0.3 is 10.6 Å². The van der Waals surface area contributed by atoms with Crippen LogP contribution in [0, 0.1) is 5.92 Å². The Morgan fingerprint density at radius 2 is 2.56 bits per heavy atom. The van der Waals surface area contributed by atoms with Crippen molar-refractivity contribution in [1.82, 2.24) is 20.8 Å². The number of hydrogen-bond donors (Lipinski definition) is 3. The molecule has 1 aromatic rings. The summed E-state index contributed by atoms with van der Waals surface area (Å²) in [7, 11) is 0. The molecule has 1 aliphatic heterocycles. The monoisotopic (exact) mass is 222 g/mol. The van der Waals surface area contributed by atoms with Crippen molar-refractivity contribution in [3.63, 3.8) is 0 Å². The number of rotatable bonds is 3. The molecule has 0 saturated carbocycles. The minimum absolute atomic E-state index is 0.0447. The Labute approximate surface area is 95.0 Å². The summed E-state index contributed by atoms with van der Waals surface area (Å²) in [6.45, 7) is 3.57. The second-order valence-electron chi connectivity index (χ2n) is 4.35. The molecule has 0 radical (unpaired) electrons. The highest BCUT2D eigenvalue weighted by Gasteiger charge is 2.26. The number of nitrogens with zero attached hydrogens (tertiary/aromatic N) is 1. The standard InChI is InChI=1S/C11H18N4O/c1-8-3-2-5-12-10(8)11(16)13-7-9-4-6-14-15-9/h4,6,8,10,12H,2-3,5,7H2,1H3,(H,13,16)(H,14,15). The van der Waals surface area contributed by atoms with Gasteiger partial charge in [0.1, 0.15) is 0 Å². The number of carbonyl (C=O) groups is 1. The Morgan fingerprint density at radius 1 is 1.69 bits per heavy atom. The molecule has 88 valence electrons. The van der Waals surface area contributed by atoms with Crippen LogP contribution in [0.15, 0.2) is 12.3 Å². The summed E-state index contributed by atoms with van der Waals surface area (Å²) >= 11 is 0. The molecule has 2 atom stereocenters. The van der Waals surface area contributed by atoms with Gasteiger partial charge in [0.25, 0.3) is 0 Å². The van der Waals surface area contributed by atoms with Crippen LogP contribution in [0.3, 0.4) is 0 Å². The minimum Gasteiger partial charge on any atom is -0.349 e. The Hall–Kier alpha value is -1.36. The molecule has 3 N–H and O–H groups in total. The number of aromatic nitrogens is 2. The molecule has 2 rings (SSSR count). The summed E-state index contributed by atoms with van der Waals surface area (Å²) in [4.78, 5) is 11.9. The van der Waals surface area contributed by atoms with Crippen molar-refractivity contribution in [3.8, 4) is 0 Å². The predicted octanol–water partition coefficient (Wildman–Crippen LogP) is 0.414. The number of aromatic amines is 1. The first-order chi connectivity index (χ1) is 7.77. The summed E-state index contributed by atoms with van der Waals surface area (Å²) in [5.41, 5.74) is 0.928. The maximum Gasteiger partial charge on any atom is 0.237 e. The SMILES string of the molecule is CC1CCCNC1C(=O)NCc1ccn[nH]1. The van der Waals surface area contributed by atoms with Crippen molar-refractivity contribution in [3.05, 3.63) is 18.0 Å². The maximum absolute atomic E-state index is 11.9. The number of hydrogen-bond acceptors (Lipinski definition) is 3.